The number of anilines is 1. The molecule has 1 fully saturated rings. The summed E-state index contributed by atoms with van der Waals surface area (Å²) in [7, 11) is 0. The molecule has 0 aromatic heterocycles. The highest BCUT2D eigenvalue weighted by molar-refractivity contribution is 9.10. The van der Waals surface area contributed by atoms with Crippen LogP contribution in [0.3, 0.4) is 0 Å². The zero-order valence-corrected chi connectivity index (χ0v) is 13.8. The summed E-state index contributed by atoms with van der Waals surface area (Å²) in [5, 5.41) is 0. The molecule has 1 aliphatic rings. The van der Waals surface area contributed by atoms with Gasteiger partial charge in [-0.15, -0.1) is 0 Å². The molecule has 0 saturated carbocycles. The van der Waals surface area contributed by atoms with Gasteiger partial charge in [-0.1, -0.05) is 22.9 Å². The number of hydrogen-bond acceptors (Lipinski definition) is 2. The van der Waals surface area contributed by atoms with E-state index in [0.29, 0.717) is 6.04 Å². The number of piperidine rings is 1. The lowest BCUT2D eigenvalue weighted by Crippen LogP contribution is -2.41. The van der Waals surface area contributed by atoms with Crippen molar-refractivity contribution in [1.29, 1.82) is 0 Å². The van der Waals surface area contributed by atoms with Crippen LogP contribution >= 0.6 is 15.9 Å². The van der Waals surface area contributed by atoms with E-state index in [1.807, 2.05) is 0 Å². The molecular formula is C16H25BrN2. The lowest BCUT2D eigenvalue weighted by Gasteiger charge is -2.40. The Morgan fingerprint density at radius 1 is 1.37 bits per heavy atom. The third-order valence-electron chi connectivity index (χ3n) is 4.01. The van der Waals surface area contributed by atoms with Crippen LogP contribution in [0.25, 0.3) is 0 Å². The molecule has 3 unspecified atom stereocenters. The summed E-state index contributed by atoms with van der Waals surface area (Å²) in [4.78, 5) is 2.57. The fraction of sp³-hybridized carbons (Fsp3) is 0.625. The van der Waals surface area contributed by atoms with Crippen LogP contribution in [-0.4, -0.2) is 18.6 Å². The largest absolute Gasteiger partial charge is 0.368 e. The van der Waals surface area contributed by atoms with Crippen molar-refractivity contribution in [3.8, 4) is 0 Å². The average molecular weight is 325 g/mol. The van der Waals surface area contributed by atoms with Crippen molar-refractivity contribution < 1.29 is 0 Å². The maximum Gasteiger partial charge on any atom is 0.0402 e. The molecule has 19 heavy (non-hydrogen) atoms. The summed E-state index contributed by atoms with van der Waals surface area (Å²) in [6.07, 6.45) is 3.57. The van der Waals surface area contributed by atoms with Crippen molar-refractivity contribution in [1.82, 2.24) is 0 Å². The summed E-state index contributed by atoms with van der Waals surface area (Å²) in [6, 6.07) is 7.45. The zero-order chi connectivity index (χ0) is 14.0. The molecule has 0 bridgehead atoms. The van der Waals surface area contributed by atoms with Gasteiger partial charge in [0.25, 0.3) is 0 Å². The highest BCUT2D eigenvalue weighted by Crippen LogP contribution is 2.32. The van der Waals surface area contributed by atoms with E-state index < -0.39 is 0 Å². The van der Waals surface area contributed by atoms with Crippen LogP contribution in [-0.2, 0) is 6.42 Å². The Morgan fingerprint density at radius 3 is 2.79 bits per heavy atom. The van der Waals surface area contributed by atoms with E-state index >= 15 is 0 Å². The van der Waals surface area contributed by atoms with Crippen LogP contribution < -0.4 is 10.6 Å². The number of halogens is 1. The average Bonchev–Trinajstić information content (AvgIpc) is 2.32. The van der Waals surface area contributed by atoms with Crippen molar-refractivity contribution in [3.63, 3.8) is 0 Å². The molecule has 2 nitrogen and oxygen atoms in total. The first-order valence-corrected chi connectivity index (χ1v) is 8.07. The van der Waals surface area contributed by atoms with Crippen molar-refractivity contribution >= 4 is 21.6 Å². The van der Waals surface area contributed by atoms with Crippen LogP contribution in [0, 0.1) is 5.92 Å². The van der Waals surface area contributed by atoms with Gasteiger partial charge in [0, 0.05) is 28.8 Å². The highest BCUT2D eigenvalue weighted by atomic mass is 79.9. The minimum Gasteiger partial charge on any atom is -0.368 e. The van der Waals surface area contributed by atoms with Crippen LogP contribution in [0.4, 0.5) is 5.69 Å². The van der Waals surface area contributed by atoms with Crippen LogP contribution in [0.15, 0.2) is 22.7 Å². The zero-order valence-electron chi connectivity index (χ0n) is 12.2. The van der Waals surface area contributed by atoms with Crippen molar-refractivity contribution in [2.24, 2.45) is 11.7 Å². The third-order valence-corrected chi connectivity index (χ3v) is 4.50. The van der Waals surface area contributed by atoms with Gasteiger partial charge in [-0.3, -0.25) is 0 Å². The Labute approximate surface area is 125 Å². The maximum atomic E-state index is 6.00. The van der Waals surface area contributed by atoms with E-state index in [-0.39, 0.29) is 6.04 Å². The Morgan fingerprint density at radius 2 is 2.11 bits per heavy atom. The smallest absolute Gasteiger partial charge is 0.0402 e. The van der Waals surface area contributed by atoms with Crippen LogP contribution in [0.5, 0.6) is 0 Å². The number of benzene rings is 1. The number of rotatable bonds is 3. The second-order valence-electron chi connectivity index (χ2n) is 6.14. The van der Waals surface area contributed by atoms with Crippen LogP contribution in [0.1, 0.15) is 39.2 Å². The normalized spacial score (nSPS) is 25.4. The molecule has 0 radical (unpaired) electrons. The molecule has 1 aromatic carbocycles. The predicted octanol–water partition coefficient (Wildman–Crippen LogP) is 3.96. The van der Waals surface area contributed by atoms with Crippen LogP contribution in [0.2, 0.25) is 0 Å². The SMILES string of the molecule is CC(N)Cc1cc(Br)ccc1N1CC(C)CCC1C. The molecule has 106 valence electrons. The maximum absolute atomic E-state index is 6.00. The summed E-state index contributed by atoms with van der Waals surface area (Å²) in [5.41, 5.74) is 8.74. The molecule has 2 rings (SSSR count). The molecule has 2 N–H and O–H groups in total. The molecule has 1 aliphatic heterocycles. The summed E-state index contributed by atoms with van der Waals surface area (Å²) in [5.74, 6) is 0.781. The van der Waals surface area contributed by atoms with Gasteiger partial charge in [0.1, 0.15) is 0 Å². The highest BCUT2D eigenvalue weighted by Gasteiger charge is 2.24. The molecule has 0 spiro atoms. The fourth-order valence-corrected chi connectivity index (χ4v) is 3.38. The Kier molecular flexibility index (Phi) is 4.91. The first-order chi connectivity index (χ1) is 8.97. The first-order valence-electron chi connectivity index (χ1n) is 7.28. The topological polar surface area (TPSA) is 29.3 Å². The minimum atomic E-state index is 0.200. The molecular weight excluding hydrogens is 300 g/mol. The quantitative estimate of drug-likeness (QED) is 0.911. The van der Waals surface area contributed by atoms with E-state index in [2.05, 4.69) is 59.8 Å². The van der Waals surface area contributed by atoms with Gasteiger partial charge in [-0.2, -0.15) is 0 Å². The van der Waals surface area contributed by atoms with Crippen molar-refractivity contribution in [3.05, 3.63) is 28.2 Å². The Balaban J connectivity index is 2.31. The van der Waals surface area contributed by atoms with Gasteiger partial charge < -0.3 is 10.6 Å². The van der Waals surface area contributed by atoms with Gasteiger partial charge in [-0.25, -0.2) is 0 Å². The first kappa shape index (κ1) is 14.9. The van der Waals surface area contributed by atoms with E-state index in [9.17, 15) is 0 Å². The Hall–Kier alpha value is -0.540. The molecule has 3 heteroatoms. The molecule has 0 amide bonds. The summed E-state index contributed by atoms with van der Waals surface area (Å²) < 4.78 is 1.14. The minimum absolute atomic E-state index is 0.200. The van der Waals surface area contributed by atoms with Gasteiger partial charge in [-0.05, 0) is 62.8 Å². The number of nitrogens with zero attached hydrogens (tertiary/aromatic N) is 1. The third kappa shape index (κ3) is 3.73. The monoisotopic (exact) mass is 324 g/mol. The van der Waals surface area contributed by atoms with E-state index in [1.165, 1.54) is 24.1 Å². The second-order valence-corrected chi connectivity index (χ2v) is 7.05. The molecule has 3 atom stereocenters. The molecule has 1 aromatic rings. The van der Waals surface area contributed by atoms with Gasteiger partial charge in [0.15, 0.2) is 0 Å². The van der Waals surface area contributed by atoms with E-state index in [4.69, 9.17) is 5.73 Å². The predicted molar refractivity (Wildman–Crippen MR) is 86.7 cm³/mol. The van der Waals surface area contributed by atoms with E-state index in [1.54, 1.807) is 0 Å². The Bertz CT molecular complexity index is 431. The molecule has 0 aliphatic carbocycles. The number of hydrogen-bond donors (Lipinski definition) is 1. The van der Waals surface area contributed by atoms with Gasteiger partial charge in [0.05, 0.1) is 0 Å². The van der Waals surface area contributed by atoms with Crippen molar-refractivity contribution in [2.75, 3.05) is 11.4 Å². The van der Waals surface area contributed by atoms with Gasteiger partial charge in [0.2, 0.25) is 0 Å². The molecule has 1 heterocycles. The van der Waals surface area contributed by atoms with E-state index in [0.717, 1.165) is 23.4 Å². The second kappa shape index (κ2) is 6.27. The molecule has 1 saturated heterocycles. The fourth-order valence-electron chi connectivity index (χ4n) is 2.97. The lowest BCUT2D eigenvalue weighted by molar-refractivity contribution is 0.389. The lowest BCUT2D eigenvalue weighted by atomic mass is 9.93. The summed E-state index contributed by atoms with van der Waals surface area (Å²) >= 11 is 3.58. The van der Waals surface area contributed by atoms with Gasteiger partial charge >= 0.3 is 0 Å². The van der Waals surface area contributed by atoms with Crippen molar-refractivity contribution in [2.45, 2.75) is 52.1 Å². The number of nitrogens with two attached hydrogens (primary N) is 1. The summed E-state index contributed by atoms with van der Waals surface area (Å²) in [6.45, 7) is 7.92. The standard InChI is InChI=1S/C16H25BrN2/c1-11-4-5-13(3)19(10-11)16-7-6-15(17)9-14(16)8-12(2)18/h6-7,9,11-13H,4-5,8,10,18H2,1-3H3.